The number of aromatic nitrogens is 4. The average Bonchev–Trinajstić information content (AvgIpc) is 2.98. The van der Waals surface area contributed by atoms with Crippen LogP contribution in [0.1, 0.15) is 0 Å². The molecule has 1 unspecified atom stereocenters. The molecule has 0 aliphatic carbocycles. The van der Waals surface area contributed by atoms with Gasteiger partial charge in [0.2, 0.25) is 0 Å². The van der Waals surface area contributed by atoms with Crippen LogP contribution in [0.15, 0.2) is 35.3 Å². The van der Waals surface area contributed by atoms with Crippen LogP contribution in [0.3, 0.4) is 0 Å². The minimum atomic E-state index is 0.606. The second-order valence-corrected chi connectivity index (χ2v) is 6.41. The minimum Gasteiger partial charge on any atom is -0.359 e. The minimum absolute atomic E-state index is 0.606. The number of hydrogen-bond donors (Lipinski definition) is 1. The summed E-state index contributed by atoms with van der Waals surface area (Å²) in [5, 5.41) is 5.42. The third kappa shape index (κ3) is 2.02. The van der Waals surface area contributed by atoms with Crippen LogP contribution in [-0.2, 0) is 0 Å². The van der Waals surface area contributed by atoms with Crippen LogP contribution in [0.5, 0.6) is 0 Å². The SMILES string of the molecule is Brc1cnc(-c2cnn(PI)c2)c2[nH]ccc12. The second-order valence-electron chi connectivity index (χ2n) is 3.48. The standard InChI is InChI=1S/C10H7BrIN4P/c11-8-4-14-9(10-7(8)1-2-13-10)6-3-15-16(5-6)17-12/h1-5,13,17H. The number of rotatable bonds is 2. The average molecular weight is 421 g/mol. The van der Waals surface area contributed by atoms with E-state index in [9.17, 15) is 0 Å². The summed E-state index contributed by atoms with van der Waals surface area (Å²) in [7, 11) is 0. The Morgan fingerprint density at radius 3 is 3.06 bits per heavy atom. The molecule has 1 atom stereocenters. The third-order valence-corrected chi connectivity index (χ3v) is 5.02. The molecular formula is C10H7BrIN4P. The van der Waals surface area contributed by atoms with Crippen LogP contribution in [0, 0.1) is 0 Å². The van der Waals surface area contributed by atoms with Gasteiger partial charge in [0.1, 0.15) is 0 Å². The fraction of sp³-hybridized carbons (Fsp3) is 0. The molecule has 17 heavy (non-hydrogen) atoms. The number of H-pyrrole nitrogens is 1. The Bertz CT molecular complexity index is 678. The van der Waals surface area contributed by atoms with Crippen molar-refractivity contribution in [1.29, 1.82) is 0 Å². The van der Waals surface area contributed by atoms with Gasteiger partial charge in [0, 0.05) is 34.0 Å². The van der Waals surface area contributed by atoms with Crippen molar-refractivity contribution in [3.8, 4) is 11.3 Å². The maximum atomic E-state index is 4.47. The molecule has 1 N–H and O–H groups in total. The van der Waals surface area contributed by atoms with Crippen molar-refractivity contribution in [1.82, 2.24) is 19.5 Å². The topological polar surface area (TPSA) is 46.5 Å². The lowest BCUT2D eigenvalue weighted by atomic mass is 10.2. The van der Waals surface area contributed by atoms with Gasteiger partial charge < -0.3 is 4.98 Å². The molecule has 3 aromatic heterocycles. The van der Waals surface area contributed by atoms with E-state index < -0.39 is 0 Å². The zero-order valence-corrected chi connectivity index (χ0v) is 13.2. The molecular weight excluding hydrogens is 414 g/mol. The van der Waals surface area contributed by atoms with E-state index >= 15 is 0 Å². The Morgan fingerprint density at radius 2 is 2.29 bits per heavy atom. The van der Waals surface area contributed by atoms with Crippen molar-refractivity contribution in [3.05, 3.63) is 35.3 Å². The molecule has 0 bridgehead atoms. The third-order valence-electron chi connectivity index (χ3n) is 2.49. The van der Waals surface area contributed by atoms with Gasteiger partial charge in [-0.25, -0.2) is 4.45 Å². The van der Waals surface area contributed by atoms with Gasteiger partial charge in [-0.3, -0.25) is 4.98 Å². The maximum absolute atomic E-state index is 4.47. The highest BCUT2D eigenvalue weighted by Crippen LogP contribution is 2.31. The fourth-order valence-corrected chi connectivity index (χ4v) is 3.24. The molecule has 0 spiro atoms. The normalized spacial score (nSPS) is 11.9. The van der Waals surface area contributed by atoms with E-state index in [4.69, 9.17) is 0 Å². The molecule has 7 heteroatoms. The van der Waals surface area contributed by atoms with Crippen molar-refractivity contribution in [2.24, 2.45) is 0 Å². The van der Waals surface area contributed by atoms with Crippen LogP contribution < -0.4 is 0 Å². The summed E-state index contributed by atoms with van der Waals surface area (Å²) < 4.78 is 2.91. The monoisotopic (exact) mass is 420 g/mol. The lowest BCUT2D eigenvalue weighted by molar-refractivity contribution is 1.01. The lowest BCUT2D eigenvalue weighted by Crippen LogP contribution is -1.84. The molecule has 86 valence electrons. The highest BCUT2D eigenvalue weighted by molar-refractivity contribution is 14.2. The van der Waals surface area contributed by atoms with Crippen molar-refractivity contribution in [2.45, 2.75) is 0 Å². The summed E-state index contributed by atoms with van der Waals surface area (Å²) in [6.07, 6.45) is 8.22. The molecule has 0 aromatic carbocycles. The first-order valence-corrected chi connectivity index (χ1v) is 9.68. The van der Waals surface area contributed by atoms with Crippen molar-refractivity contribution >= 4 is 55.2 Å². The van der Waals surface area contributed by atoms with E-state index in [0.29, 0.717) is 6.37 Å². The predicted octanol–water partition coefficient (Wildman–Crippen LogP) is 3.98. The summed E-state index contributed by atoms with van der Waals surface area (Å²) in [5.41, 5.74) is 3.01. The fourth-order valence-electron chi connectivity index (χ4n) is 1.73. The summed E-state index contributed by atoms with van der Waals surface area (Å²) in [4.78, 5) is 7.69. The molecule has 0 aliphatic rings. The Morgan fingerprint density at radius 1 is 1.41 bits per heavy atom. The predicted molar refractivity (Wildman–Crippen MR) is 82.7 cm³/mol. The van der Waals surface area contributed by atoms with E-state index in [1.54, 1.807) is 0 Å². The Balaban J connectivity index is 2.23. The highest BCUT2D eigenvalue weighted by atomic mass is 127. The molecule has 3 aromatic rings. The molecule has 3 heterocycles. The van der Waals surface area contributed by atoms with Crippen LogP contribution in [0.2, 0.25) is 0 Å². The molecule has 4 nitrogen and oxygen atoms in total. The second kappa shape index (κ2) is 4.66. The van der Waals surface area contributed by atoms with Gasteiger partial charge >= 0.3 is 0 Å². The summed E-state index contributed by atoms with van der Waals surface area (Å²) in [6.45, 7) is 0. The molecule has 0 radical (unpaired) electrons. The molecule has 0 amide bonds. The first-order chi connectivity index (χ1) is 8.29. The molecule has 0 aliphatic heterocycles. The van der Waals surface area contributed by atoms with E-state index in [0.717, 1.165) is 26.6 Å². The van der Waals surface area contributed by atoms with Crippen molar-refractivity contribution in [3.63, 3.8) is 0 Å². The molecule has 3 rings (SSSR count). The van der Waals surface area contributed by atoms with E-state index in [1.807, 2.05) is 35.3 Å². The number of halogens is 2. The largest absolute Gasteiger partial charge is 0.359 e. The first-order valence-electron chi connectivity index (χ1n) is 4.83. The Labute approximate surface area is 121 Å². The van der Waals surface area contributed by atoms with Gasteiger partial charge in [0.05, 0.1) is 23.8 Å². The van der Waals surface area contributed by atoms with Crippen LogP contribution >= 0.6 is 44.3 Å². The number of fused-ring (bicyclic) bond motifs is 1. The number of pyridine rings is 1. The zero-order chi connectivity index (χ0) is 11.8. The number of aromatic amines is 1. The number of nitrogens with zero attached hydrogens (tertiary/aromatic N) is 3. The molecule has 0 saturated carbocycles. The van der Waals surface area contributed by atoms with E-state index in [1.165, 1.54) is 0 Å². The highest BCUT2D eigenvalue weighted by Gasteiger charge is 2.10. The van der Waals surface area contributed by atoms with Gasteiger partial charge in [-0.1, -0.05) is 0 Å². The van der Waals surface area contributed by atoms with Crippen LogP contribution in [0.4, 0.5) is 0 Å². The molecule has 0 fully saturated rings. The van der Waals surface area contributed by atoms with Gasteiger partial charge in [0.15, 0.2) is 0 Å². The van der Waals surface area contributed by atoms with Gasteiger partial charge in [0.25, 0.3) is 0 Å². The Hall–Kier alpha value is -0.460. The first kappa shape index (κ1) is 11.6. The van der Waals surface area contributed by atoms with Gasteiger partial charge in [-0.05, 0) is 44.0 Å². The molecule has 0 saturated heterocycles. The maximum Gasteiger partial charge on any atom is 0.0975 e. The summed E-state index contributed by atoms with van der Waals surface area (Å²) in [6, 6.07) is 2.04. The Kier molecular flexibility index (Phi) is 3.19. The van der Waals surface area contributed by atoms with E-state index in [2.05, 4.69) is 53.0 Å². The summed E-state index contributed by atoms with van der Waals surface area (Å²) in [5.74, 6) is 0. The summed E-state index contributed by atoms with van der Waals surface area (Å²) >= 11 is 5.80. The van der Waals surface area contributed by atoms with Crippen LogP contribution in [0.25, 0.3) is 22.2 Å². The number of nitrogens with one attached hydrogen (secondary N) is 1. The van der Waals surface area contributed by atoms with Crippen molar-refractivity contribution < 1.29 is 0 Å². The number of hydrogen-bond acceptors (Lipinski definition) is 2. The quantitative estimate of drug-likeness (QED) is 0.503. The lowest BCUT2D eigenvalue weighted by Gasteiger charge is -2.00. The van der Waals surface area contributed by atoms with E-state index in [-0.39, 0.29) is 0 Å². The van der Waals surface area contributed by atoms with Gasteiger partial charge in [-0.2, -0.15) is 5.10 Å². The van der Waals surface area contributed by atoms with Gasteiger partial charge in [-0.15, -0.1) is 0 Å². The zero-order valence-electron chi connectivity index (χ0n) is 8.48. The smallest absolute Gasteiger partial charge is 0.0975 e. The van der Waals surface area contributed by atoms with Crippen LogP contribution in [-0.4, -0.2) is 19.5 Å². The van der Waals surface area contributed by atoms with Crippen molar-refractivity contribution in [2.75, 3.05) is 0 Å².